The molecule has 1 fully saturated rings. The molecule has 3 nitrogen and oxygen atoms in total. The van der Waals surface area contributed by atoms with Crippen LogP contribution in [0, 0.1) is 5.41 Å². The Balaban J connectivity index is 2.44. The molecule has 0 aromatic carbocycles. The summed E-state index contributed by atoms with van der Waals surface area (Å²) in [5, 5.41) is 0. The highest BCUT2D eigenvalue weighted by Gasteiger charge is 2.51. The largest absolute Gasteiger partial charge is 0.369 e. The molecule has 1 heterocycles. The summed E-state index contributed by atoms with van der Waals surface area (Å²) in [4.78, 5) is 16.5. The van der Waals surface area contributed by atoms with Gasteiger partial charge in [-0.25, -0.2) is 0 Å². The number of carbonyl (C=O) groups excluding carboxylic acids is 1. The maximum atomic E-state index is 12.1. The Morgan fingerprint density at radius 1 is 1.28 bits per heavy atom. The molecule has 1 amide bonds. The van der Waals surface area contributed by atoms with Crippen molar-refractivity contribution in [2.45, 2.75) is 51.4 Å². The second kappa shape index (κ2) is 4.71. The van der Waals surface area contributed by atoms with Crippen LogP contribution in [0.5, 0.6) is 0 Å². The molecule has 0 spiro atoms. The quantitative estimate of drug-likeness (QED) is 0.891. The van der Waals surface area contributed by atoms with Crippen molar-refractivity contribution in [3.63, 3.8) is 0 Å². The lowest BCUT2D eigenvalue weighted by Crippen LogP contribution is -2.52. The highest BCUT2D eigenvalue weighted by Crippen LogP contribution is 2.50. The molecule has 18 heavy (non-hydrogen) atoms. The Kier molecular flexibility index (Phi) is 3.42. The maximum Gasteiger partial charge on any atom is 0.224 e. The summed E-state index contributed by atoms with van der Waals surface area (Å²) in [6, 6.07) is 5.87. The van der Waals surface area contributed by atoms with E-state index < -0.39 is 5.41 Å². The first-order valence-electron chi connectivity index (χ1n) is 6.72. The van der Waals surface area contributed by atoms with Crippen LogP contribution >= 0.6 is 0 Å². The number of aromatic nitrogens is 1. The van der Waals surface area contributed by atoms with Crippen LogP contribution in [0.15, 0.2) is 24.4 Å². The van der Waals surface area contributed by atoms with E-state index in [1.165, 1.54) is 6.42 Å². The molecule has 2 rings (SSSR count). The molecule has 2 N–H and O–H groups in total. The predicted molar refractivity (Wildman–Crippen MR) is 72.0 cm³/mol. The van der Waals surface area contributed by atoms with Gasteiger partial charge in [0.15, 0.2) is 0 Å². The first kappa shape index (κ1) is 13.1. The fourth-order valence-electron chi connectivity index (χ4n) is 3.31. The minimum absolute atomic E-state index is 0.169. The zero-order chi connectivity index (χ0) is 13.2. The fourth-order valence-corrected chi connectivity index (χ4v) is 3.31. The standard InChI is InChI=1S/C15H22N2O/c1-14(2,12-8-4-7-11-17-12)15(13(16)18)9-5-3-6-10-15/h4,7-8,11H,3,5-6,9-10H2,1-2H3,(H2,16,18). The highest BCUT2D eigenvalue weighted by atomic mass is 16.1. The lowest BCUT2D eigenvalue weighted by molar-refractivity contribution is -0.134. The van der Waals surface area contributed by atoms with Gasteiger partial charge in [0.25, 0.3) is 0 Å². The molecular formula is C15H22N2O. The predicted octanol–water partition coefficient (Wildman–Crippen LogP) is 2.80. The van der Waals surface area contributed by atoms with Gasteiger partial charge >= 0.3 is 0 Å². The van der Waals surface area contributed by atoms with Gasteiger partial charge < -0.3 is 5.73 Å². The van der Waals surface area contributed by atoms with E-state index in [1.54, 1.807) is 6.20 Å². The van der Waals surface area contributed by atoms with Crippen molar-refractivity contribution in [3.8, 4) is 0 Å². The summed E-state index contributed by atoms with van der Waals surface area (Å²) in [6.07, 6.45) is 6.91. The van der Waals surface area contributed by atoms with E-state index in [9.17, 15) is 4.79 Å². The van der Waals surface area contributed by atoms with Crippen LogP contribution in [0.1, 0.15) is 51.6 Å². The fraction of sp³-hybridized carbons (Fsp3) is 0.600. The van der Waals surface area contributed by atoms with Crippen molar-refractivity contribution in [1.82, 2.24) is 4.98 Å². The van der Waals surface area contributed by atoms with Gasteiger partial charge in [-0.3, -0.25) is 9.78 Å². The van der Waals surface area contributed by atoms with Crippen LogP contribution in [0.3, 0.4) is 0 Å². The monoisotopic (exact) mass is 246 g/mol. The molecule has 1 aromatic heterocycles. The van der Waals surface area contributed by atoms with Gasteiger partial charge in [-0.15, -0.1) is 0 Å². The van der Waals surface area contributed by atoms with Gasteiger partial charge in [-0.2, -0.15) is 0 Å². The second-order valence-electron chi connectivity index (χ2n) is 5.85. The number of primary amides is 1. The van der Waals surface area contributed by atoms with Gasteiger partial charge in [-0.1, -0.05) is 39.2 Å². The lowest BCUT2D eigenvalue weighted by Gasteiger charge is -2.46. The van der Waals surface area contributed by atoms with E-state index in [4.69, 9.17) is 5.73 Å². The van der Waals surface area contributed by atoms with Crippen molar-refractivity contribution in [3.05, 3.63) is 30.1 Å². The Morgan fingerprint density at radius 3 is 2.44 bits per heavy atom. The third-order valence-corrected chi connectivity index (χ3v) is 4.68. The molecule has 0 bridgehead atoms. The van der Waals surface area contributed by atoms with Crippen LogP contribution < -0.4 is 5.73 Å². The van der Waals surface area contributed by atoms with Crippen molar-refractivity contribution < 1.29 is 4.79 Å². The van der Waals surface area contributed by atoms with Crippen molar-refractivity contribution >= 4 is 5.91 Å². The summed E-state index contributed by atoms with van der Waals surface area (Å²) in [7, 11) is 0. The number of amides is 1. The lowest BCUT2D eigenvalue weighted by atomic mass is 9.56. The average Bonchev–Trinajstić information content (AvgIpc) is 2.40. The smallest absolute Gasteiger partial charge is 0.224 e. The molecule has 1 saturated carbocycles. The Bertz CT molecular complexity index is 419. The highest BCUT2D eigenvalue weighted by molar-refractivity contribution is 5.83. The van der Waals surface area contributed by atoms with Gasteiger partial charge in [0.2, 0.25) is 5.91 Å². The van der Waals surface area contributed by atoms with Gasteiger partial charge in [0, 0.05) is 17.3 Å². The molecule has 0 aliphatic heterocycles. The SMILES string of the molecule is CC(C)(c1ccccn1)C1(C(N)=O)CCCCC1. The zero-order valence-corrected chi connectivity index (χ0v) is 11.3. The number of nitrogens with zero attached hydrogens (tertiary/aromatic N) is 1. The van der Waals surface area contributed by atoms with Crippen LogP contribution in [0.2, 0.25) is 0 Å². The number of hydrogen-bond donors (Lipinski definition) is 1. The second-order valence-corrected chi connectivity index (χ2v) is 5.85. The molecule has 1 aromatic rings. The minimum atomic E-state index is -0.445. The van der Waals surface area contributed by atoms with Crippen LogP contribution in [-0.2, 0) is 10.2 Å². The molecule has 0 unspecified atom stereocenters. The van der Waals surface area contributed by atoms with E-state index >= 15 is 0 Å². The summed E-state index contributed by atoms with van der Waals surface area (Å²) in [5.74, 6) is -0.169. The average molecular weight is 246 g/mol. The molecule has 3 heteroatoms. The molecule has 0 radical (unpaired) electrons. The van der Waals surface area contributed by atoms with Crippen molar-refractivity contribution in [2.24, 2.45) is 11.1 Å². The van der Waals surface area contributed by atoms with Gasteiger partial charge in [0.1, 0.15) is 0 Å². The van der Waals surface area contributed by atoms with Crippen LogP contribution in [0.4, 0.5) is 0 Å². The summed E-state index contributed by atoms with van der Waals surface area (Å²) in [5.41, 5.74) is 5.97. The number of carbonyl (C=O) groups is 1. The molecule has 1 aliphatic rings. The number of hydrogen-bond acceptors (Lipinski definition) is 2. The maximum absolute atomic E-state index is 12.1. The third kappa shape index (κ3) is 1.92. The Hall–Kier alpha value is -1.38. The Morgan fingerprint density at radius 2 is 1.94 bits per heavy atom. The minimum Gasteiger partial charge on any atom is -0.369 e. The van der Waals surface area contributed by atoms with Gasteiger partial charge in [0.05, 0.1) is 5.41 Å². The number of nitrogens with two attached hydrogens (primary N) is 1. The molecule has 0 saturated heterocycles. The van der Waals surface area contributed by atoms with E-state index in [2.05, 4.69) is 18.8 Å². The normalized spacial score (nSPS) is 19.4. The number of rotatable bonds is 3. The first-order chi connectivity index (χ1) is 8.51. The first-order valence-corrected chi connectivity index (χ1v) is 6.72. The topological polar surface area (TPSA) is 56.0 Å². The summed E-state index contributed by atoms with van der Waals surface area (Å²) in [6.45, 7) is 4.21. The van der Waals surface area contributed by atoms with E-state index in [-0.39, 0.29) is 11.3 Å². The molecule has 98 valence electrons. The molecular weight excluding hydrogens is 224 g/mol. The summed E-state index contributed by atoms with van der Waals surface area (Å²) >= 11 is 0. The molecule has 0 atom stereocenters. The zero-order valence-electron chi connectivity index (χ0n) is 11.3. The van der Waals surface area contributed by atoms with E-state index in [0.29, 0.717) is 0 Å². The van der Waals surface area contributed by atoms with E-state index in [0.717, 1.165) is 31.4 Å². The third-order valence-electron chi connectivity index (χ3n) is 4.68. The van der Waals surface area contributed by atoms with Crippen LogP contribution in [0.25, 0.3) is 0 Å². The van der Waals surface area contributed by atoms with Crippen LogP contribution in [-0.4, -0.2) is 10.9 Å². The molecule has 1 aliphatic carbocycles. The van der Waals surface area contributed by atoms with Crippen molar-refractivity contribution in [1.29, 1.82) is 0 Å². The summed E-state index contributed by atoms with van der Waals surface area (Å²) < 4.78 is 0. The van der Waals surface area contributed by atoms with Crippen molar-refractivity contribution in [2.75, 3.05) is 0 Å². The van der Waals surface area contributed by atoms with Gasteiger partial charge in [-0.05, 0) is 25.0 Å². The number of pyridine rings is 1. The Labute approximate surface area is 109 Å². The van der Waals surface area contributed by atoms with E-state index in [1.807, 2.05) is 18.2 Å².